The van der Waals surface area contributed by atoms with Gasteiger partial charge < -0.3 is 14.8 Å². The maximum Gasteiger partial charge on any atom is 0.320 e. The first kappa shape index (κ1) is 40.9. The summed E-state index contributed by atoms with van der Waals surface area (Å²) < 4.78 is 11.0. The van der Waals surface area contributed by atoms with E-state index in [-0.39, 0.29) is 25.0 Å². The van der Waals surface area contributed by atoms with Crippen LogP contribution in [-0.2, 0) is 19.1 Å². The van der Waals surface area contributed by atoms with Gasteiger partial charge in [-0.25, -0.2) is 0 Å². The van der Waals surface area contributed by atoms with Crippen molar-refractivity contribution in [1.29, 1.82) is 0 Å². The zero-order valence-corrected chi connectivity index (χ0v) is 28.5. The summed E-state index contributed by atoms with van der Waals surface area (Å²) in [6.45, 7) is 7.30. The minimum Gasteiger partial charge on any atom is -0.465 e. The molecule has 0 aromatic rings. The molecule has 0 unspecified atom stereocenters. The van der Waals surface area contributed by atoms with Crippen LogP contribution in [0, 0.1) is 0 Å². The predicted octanol–water partition coefficient (Wildman–Crippen LogP) is 9.39. The molecule has 6 heteroatoms. The fraction of sp³-hybridized carbons (Fsp3) is 0.944. The van der Waals surface area contributed by atoms with Crippen LogP contribution < -0.4 is 5.32 Å². The fourth-order valence-electron chi connectivity index (χ4n) is 5.41. The monoisotopic (exact) mass is 597 g/mol. The number of esters is 2. The summed E-state index contributed by atoms with van der Waals surface area (Å²) in [4.78, 5) is 26.7. The summed E-state index contributed by atoms with van der Waals surface area (Å²) in [5.41, 5.74) is 0. The molecule has 0 spiro atoms. The van der Waals surface area contributed by atoms with Crippen molar-refractivity contribution >= 4 is 11.9 Å². The Labute approximate surface area is 261 Å². The number of nitrogens with one attached hydrogen (secondary N) is 1. The van der Waals surface area contributed by atoms with Crippen molar-refractivity contribution in [2.75, 3.05) is 46.4 Å². The molecule has 0 amide bonds. The van der Waals surface area contributed by atoms with Crippen LogP contribution in [0.4, 0.5) is 0 Å². The molecule has 0 radical (unpaired) electrons. The molecule has 0 rings (SSSR count). The van der Waals surface area contributed by atoms with Crippen LogP contribution in [0.1, 0.15) is 174 Å². The van der Waals surface area contributed by atoms with E-state index in [4.69, 9.17) is 9.47 Å². The smallest absolute Gasteiger partial charge is 0.320 e. The minimum atomic E-state index is -0.240. The maximum absolute atomic E-state index is 12.4. The SMILES string of the molecule is CCCCCCCCCCCCCCOC(=O)CN(CCCNC)CC(=O)OCCCCCCCCCCCCCC. The van der Waals surface area contributed by atoms with E-state index in [9.17, 15) is 9.59 Å². The zero-order valence-electron chi connectivity index (χ0n) is 28.5. The molecule has 1 N–H and O–H groups in total. The average Bonchev–Trinajstić information content (AvgIpc) is 2.98. The molecule has 0 saturated heterocycles. The third kappa shape index (κ3) is 31.8. The van der Waals surface area contributed by atoms with Crippen LogP contribution >= 0.6 is 0 Å². The Balaban J connectivity index is 3.83. The van der Waals surface area contributed by atoms with E-state index in [2.05, 4.69) is 19.2 Å². The van der Waals surface area contributed by atoms with Gasteiger partial charge in [0, 0.05) is 6.54 Å². The van der Waals surface area contributed by atoms with Crippen LogP contribution in [0.25, 0.3) is 0 Å². The number of ether oxygens (including phenoxy) is 2. The van der Waals surface area contributed by atoms with Crippen LogP contribution in [0.15, 0.2) is 0 Å². The molecular formula is C36H72N2O4. The second-order valence-electron chi connectivity index (χ2n) is 12.4. The number of hydrogen-bond donors (Lipinski definition) is 1. The summed E-state index contributed by atoms with van der Waals surface area (Å²) in [6.07, 6.45) is 31.8. The first-order chi connectivity index (χ1) is 20.6. The highest BCUT2D eigenvalue weighted by molar-refractivity contribution is 5.75. The molecular weight excluding hydrogens is 524 g/mol. The third-order valence-corrected chi connectivity index (χ3v) is 8.13. The molecule has 0 saturated carbocycles. The number of rotatable bonds is 34. The largest absolute Gasteiger partial charge is 0.465 e. The summed E-state index contributed by atoms with van der Waals surface area (Å²) >= 11 is 0. The van der Waals surface area contributed by atoms with Crippen molar-refractivity contribution in [3.05, 3.63) is 0 Å². The second kappa shape index (κ2) is 34.4. The van der Waals surface area contributed by atoms with Crippen LogP contribution in [0.3, 0.4) is 0 Å². The molecule has 0 aliphatic heterocycles. The fourth-order valence-corrected chi connectivity index (χ4v) is 5.41. The van der Waals surface area contributed by atoms with Gasteiger partial charge in [0.2, 0.25) is 0 Å². The van der Waals surface area contributed by atoms with Gasteiger partial charge in [-0.1, -0.05) is 155 Å². The van der Waals surface area contributed by atoms with E-state index in [1.165, 1.54) is 128 Å². The van der Waals surface area contributed by atoms with E-state index in [1.807, 2.05) is 11.9 Å². The van der Waals surface area contributed by atoms with Crippen molar-refractivity contribution in [3.63, 3.8) is 0 Å². The van der Waals surface area contributed by atoms with Gasteiger partial charge in [0.1, 0.15) is 0 Å². The number of carbonyl (C=O) groups excluding carboxylic acids is 2. The van der Waals surface area contributed by atoms with Crippen molar-refractivity contribution in [2.24, 2.45) is 0 Å². The van der Waals surface area contributed by atoms with Gasteiger partial charge in [0.05, 0.1) is 26.3 Å². The summed E-state index contributed by atoms with van der Waals surface area (Å²) in [5, 5.41) is 3.13. The molecule has 250 valence electrons. The minimum absolute atomic E-state index is 0.148. The van der Waals surface area contributed by atoms with Gasteiger partial charge in [-0.3, -0.25) is 14.5 Å². The molecule has 0 aliphatic rings. The number of nitrogens with zero attached hydrogens (tertiary/aromatic N) is 1. The van der Waals surface area contributed by atoms with Gasteiger partial charge in [0.15, 0.2) is 0 Å². The van der Waals surface area contributed by atoms with Gasteiger partial charge in [-0.05, 0) is 32.9 Å². The molecule has 6 nitrogen and oxygen atoms in total. The highest BCUT2D eigenvalue weighted by Crippen LogP contribution is 2.13. The van der Waals surface area contributed by atoms with Crippen molar-refractivity contribution in [1.82, 2.24) is 10.2 Å². The van der Waals surface area contributed by atoms with E-state index in [1.54, 1.807) is 0 Å². The van der Waals surface area contributed by atoms with Gasteiger partial charge in [-0.15, -0.1) is 0 Å². The second-order valence-corrected chi connectivity index (χ2v) is 12.4. The Bertz CT molecular complexity index is 529. The van der Waals surface area contributed by atoms with Crippen LogP contribution in [-0.4, -0.2) is 63.3 Å². The standard InChI is InChI=1S/C36H72N2O4/c1-4-6-8-10-12-14-16-18-20-22-24-26-31-41-35(39)33-38(30-28-29-37-3)34-36(40)42-32-27-25-23-21-19-17-15-13-11-9-7-5-2/h37H,4-34H2,1-3H3. The molecule has 0 atom stereocenters. The van der Waals surface area contributed by atoms with E-state index >= 15 is 0 Å². The molecule has 0 bridgehead atoms. The average molecular weight is 597 g/mol. The molecule has 0 aromatic carbocycles. The van der Waals surface area contributed by atoms with Gasteiger partial charge in [0.25, 0.3) is 0 Å². The normalized spacial score (nSPS) is 11.3. The molecule has 0 aromatic heterocycles. The number of unbranched alkanes of at least 4 members (excludes halogenated alkanes) is 22. The van der Waals surface area contributed by atoms with Crippen molar-refractivity contribution in [2.45, 2.75) is 174 Å². The summed E-state index contributed by atoms with van der Waals surface area (Å²) in [5.74, 6) is -0.479. The highest BCUT2D eigenvalue weighted by atomic mass is 16.5. The zero-order chi connectivity index (χ0) is 30.8. The number of hydrogen-bond acceptors (Lipinski definition) is 6. The van der Waals surface area contributed by atoms with E-state index < -0.39 is 0 Å². The Morgan fingerprint density at radius 1 is 0.476 bits per heavy atom. The lowest BCUT2D eigenvalue weighted by molar-refractivity contribution is -0.148. The third-order valence-electron chi connectivity index (χ3n) is 8.13. The maximum atomic E-state index is 12.4. The summed E-state index contributed by atoms with van der Waals surface area (Å²) in [7, 11) is 1.91. The lowest BCUT2D eigenvalue weighted by atomic mass is 10.1. The summed E-state index contributed by atoms with van der Waals surface area (Å²) in [6, 6.07) is 0. The lowest BCUT2D eigenvalue weighted by Crippen LogP contribution is -2.37. The Hall–Kier alpha value is -1.14. The first-order valence-electron chi connectivity index (χ1n) is 18.3. The first-order valence-corrected chi connectivity index (χ1v) is 18.3. The van der Waals surface area contributed by atoms with Gasteiger partial charge in [-0.2, -0.15) is 0 Å². The Kier molecular flexibility index (Phi) is 33.4. The molecule has 0 heterocycles. The molecule has 0 fully saturated rings. The van der Waals surface area contributed by atoms with Crippen molar-refractivity contribution < 1.29 is 19.1 Å². The Morgan fingerprint density at radius 3 is 1.10 bits per heavy atom. The molecule has 0 aliphatic carbocycles. The predicted molar refractivity (Wildman–Crippen MR) is 179 cm³/mol. The van der Waals surface area contributed by atoms with E-state index in [0.717, 1.165) is 38.6 Å². The van der Waals surface area contributed by atoms with Crippen LogP contribution in [0.5, 0.6) is 0 Å². The van der Waals surface area contributed by atoms with Crippen molar-refractivity contribution in [3.8, 4) is 0 Å². The lowest BCUT2D eigenvalue weighted by Gasteiger charge is -2.20. The number of carbonyl (C=O) groups is 2. The quantitative estimate of drug-likeness (QED) is 0.0589. The van der Waals surface area contributed by atoms with E-state index in [0.29, 0.717) is 19.8 Å². The highest BCUT2D eigenvalue weighted by Gasteiger charge is 2.16. The topological polar surface area (TPSA) is 67.9 Å². The van der Waals surface area contributed by atoms with Crippen LogP contribution in [0.2, 0.25) is 0 Å². The van der Waals surface area contributed by atoms with Gasteiger partial charge >= 0.3 is 11.9 Å². The Morgan fingerprint density at radius 2 is 0.786 bits per heavy atom. The molecule has 42 heavy (non-hydrogen) atoms.